The second-order valence-corrected chi connectivity index (χ2v) is 0. The van der Waals surface area contributed by atoms with Crippen LogP contribution in [-0.4, -0.2) is 16.3 Å². The molecule has 0 aliphatic carbocycles. The summed E-state index contributed by atoms with van der Waals surface area (Å²) in [7, 11) is 0. The van der Waals surface area contributed by atoms with Gasteiger partial charge in [0, 0.05) is 0 Å². The Balaban J connectivity index is -0.00000000500. The number of hydrogen-bond donors (Lipinski definition) is 0. The molecule has 4 heavy (non-hydrogen) atoms. The Morgan fingerprint density at radius 2 is 1.00 bits per heavy atom. The topological polar surface area (TPSA) is 67.0 Å². The normalized spacial score (nSPS) is 1.75. The third-order valence-electron chi connectivity index (χ3n) is 0. The van der Waals surface area contributed by atoms with Crippen molar-refractivity contribution in [3.05, 3.63) is 12.3 Å². The maximum atomic E-state index is 2.42. The average Bonchev–Trinajstić information content (AvgIpc) is 1.00. The molecule has 0 fully saturated rings. The van der Waals surface area contributed by atoms with E-state index in [4.69, 9.17) is 0 Å². The molecule has 0 amide bonds. The van der Waals surface area contributed by atoms with Crippen LogP contribution in [-0.2, 0) is 0 Å². The van der Waals surface area contributed by atoms with Crippen LogP contribution in [0.5, 0.6) is 0 Å². The summed E-state index contributed by atoms with van der Waals surface area (Å²) in [6.45, 7) is 0. The molecule has 0 aliphatic heterocycles. The average molecular weight is 74.1 g/mol. The van der Waals surface area contributed by atoms with Gasteiger partial charge in [-0.05, 0) is 0 Å². The Morgan fingerprint density at radius 3 is 1.00 bits per heavy atom. The van der Waals surface area contributed by atoms with E-state index in [0.29, 0.717) is 0 Å². The van der Waals surface area contributed by atoms with Gasteiger partial charge in [0.25, 0.3) is 0 Å². The molecule has 0 atom stereocenters. The SMILES string of the molecule is [CH3][Al+2].[NH2-].[NH2-]. The molecule has 0 rings (SSSR count). The van der Waals surface area contributed by atoms with Crippen molar-refractivity contribution in [3.8, 4) is 0 Å². The summed E-state index contributed by atoms with van der Waals surface area (Å²) in [4.78, 5) is 0. The minimum atomic E-state index is 0. The molecule has 0 radical (unpaired) electrons. The predicted octanol–water partition coefficient (Wildman–Crippen LogP) is 1.64. The Morgan fingerprint density at radius 1 is 1.00 bits per heavy atom. The van der Waals surface area contributed by atoms with Crippen molar-refractivity contribution in [2.45, 2.75) is 5.79 Å². The zero-order valence-electron chi connectivity index (χ0n) is 2.73. The van der Waals surface area contributed by atoms with Crippen LogP contribution in [0.3, 0.4) is 0 Å². The maximum Gasteiger partial charge on any atom is -0.693 e. The van der Waals surface area contributed by atoms with E-state index in [9.17, 15) is 0 Å². The first kappa shape index (κ1) is 25.2. The van der Waals surface area contributed by atoms with Gasteiger partial charge in [-0.1, -0.05) is 0 Å². The van der Waals surface area contributed by atoms with Crippen LogP contribution in [0, 0.1) is 0 Å². The monoisotopic (exact) mass is 74.0 g/mol. The van der Waals surface area contributed by atoms with Crippen LogP contribution in [0.1, 0.15) is 0 Å². The van der Waals surface area contributed by atoms with E-state index in [1.165, 1.54) is 0 Å². The summed E-state index contributed by atoms with van der Waals surface area (Å²) in [5, 5.41) is 0. The van der Waals surface area contributed by atoms with E-state index in [1.54, 1.807) is 0 Å². The third-order valence-corrected chi connectivity index (χ3v) is 0. The molecule has 0 spiro atoms. The van der Waals surface area contributed by atoms with E-state index < -0.39 is 0 Å². The van der Waals surface area contributed by atoms with Gasteiger partial charge in [0.1, 0.15) is 0 Å². The zero-order chi connectivity index (χ0) is 2.00. The number of nitrogens with two attached hydrogens (primary N) is 2. The fraction of sp³-hybridized carbons (Fsp3) is 1.00. The Labute approximate surface area is 35.2 Å². The summed E-state index contributed by atoms with van der Waals surface area (Å²) >= 11 is 2.42. The summed E-state index contributed by atoms with van der Waals surface area (Å²) in [5.41, 5.74) is 0. The number of hydrogen-bond acceptors (Lipinski definition) is 0. The molecule has 0 aromatic heterocycles. The van der Waals surface area contributed by atoms with Gasteiger partial charge in [0.15, 0.2) is 0 Å². The van der Waals surface area contributed by atoms with Gasteiger partial charge < -0.3 is 12.3 Å². The van der Waals surface area contributed by atoms with Gasteiger partial charge in [-0.15, -0.1) is 0 Å². The molecule has 0 saturated heterocycles. The number of rotatable bonds is 0. The fourth-order valence-corrected chi connectivity index (χ4v) is 0. The molecule has 0 unspecified atom stereocenters. The Kier molecular flexibility index (Phi) is 638. The van der Waals surface area contributed by atoms with Gasteiger partial charge in [-0.2, -0.15) is 0 Å². The molecular formula is CH7AlN2. The van der Waals surface area contributed by atoms with E-state index in [-0.39, 0.29) is 12.3 Å². The van der Waals surface area contributed by atoms with Crippen molar-refractivity contribution >= 4 is 16.3 Å². The molecule has 0 aromatic rings. The van der Waals surface area contributed by atoms with Crippen molar-refractivity contribution in [3.63, 3.8) is 0 Å². The van der Waals surface area contributed by atoms with Crippen molar-refractivity contribution in [2.75, 3.05) is 0 Å². The summed E-state index contributed by atoms with van der Waals surface area (Å²) < 4.78 is 0. The summed E-state index contributed by atoms with van der Waals surface area (Å²) in [5.74, 6) is 1.92. The summed E-state index contributed by atoms with van der Waals surface area (Å²) in [6.07, 6.45) is 0. The molecule has 0 aliphatic rings. The van der Waals surface area contributed by atoms with Crippen molar-refractivity contribution < 1.29 is 0 Å². The van der Waals surface area contributed by atoms with Crippen LogP contribution >= 0.6 is 0 Å². The van der Waals surface area contributed by atoms with E-state index in [2.05, 4.69) is 16.3 Å². The Hall–Kier alpha value is 0.452. The standard InChI is InChI=1S/CH3.Al.2H2N/h1H3;;2*1H2/q;+2;2*-1. The van der Waals surface area contributed by atoms with Gasteiger partial charge in [0.05, 0.1) is 0 Å². The smallest absolute Gasteiger partial charge is 0.693 e. The summed E-state index contributed by atoms with van der Waals surface area (Å²) in [6, 6.07) is 0. The molecule has 2 nitrogen and oxygen atoms in total. The molecule has 0 saturated carbocycles. The van der Waals surface area contributed by atoms with Gasteiger partial charge in [-0.25, -0.2) is 0 Å². The molecule has 0 bridgehead atoms. The van der Waals surface area contributed by atoms with Crippen LogP contribution < -0.4 is 0 Å². The first-order valence-corrected chi connectivity index (χ1v) is 1.73. The van der Waals surface area contributed by atoms with Crippen LogP contribution in [0.4, 0.5) is 0 Å². The van der Waals surface area contributed by atoms with Crippen LogP contribution in [0.2, 0.25) is 5.79 Å². The quantitative estimate of drug-likeness (QED) is 0.392. The van der Waals surface area contributed by atoms with E-state index in [0.717, 1.165) is 0 Å². The first-order chi connectivity index (χ1) is 1.00. The van der Waals surface area contributed by atoms with Crippen LogP contribution in [0.15, 0.2) is 0 Å². The minimum Gasteiger partial charge on any atom is -0.693 e. The van der Waals surface area contributed by atoms with Crippen molar-refractivity contribution in [2.24, 2.45) is 0 Å². The Bertz CT molecular complexity index is 6.00. The van der Waals surface area contributed by atoms with E-state index in [1.807, 2.05) is 5.79 Å². The van der Waals surface area contributed by atoms with E-state index >= 15 is 0 Å². The molecule has 24 valence electrons. The predicted molar refractivity (Wildman–Crippen MR) is 22.2 cm³/mol. The second kappa shape index (κ2) is 101. The van der Waals surface area contributed by atoms with Gasteiger partial charge >= 0.3 is 22.1 Å². The maximum absolute atomic E-state index is 2.42. The third kappa shape index (κ3) is 25.3. The zero-order valence-corrected chi connectivity index (χ0v) is 3.89. The van der Waals surface area contributed by atoms with Gasteiger partial charge in [-0.3, -0.25) is 0 Å². The largest absolute Gasteiger partial charge is 0.693 e. The first-order valence-electron chi connectivity index (χ1n) is 0.577. The molecule has 4 N–H and O–H groups in total. The van der Waals surface area contributed by atoms with Crippen molar-refractivity contribution in [1.82, 2.24) is 0 Å². The molecule has 3 heteroatoms. The fourth-order valence-electron chi connectivity index (χ4n) is 0. The molecule has 0 heterocycles. The molecular weight excluding hydrogens is 67.0 g/mol. The molecule has 0 aromatic carbocycles. The van der Waals surface area contributed by atoms with Gasteiger partial charge in [0.2, 0.25) is 0 Å². The van der Waals surface area contributed by atoms with Crippen LogP contribution in [0.25, 0.3) is 12.3 Å². The minimum absolute atomic E-state index is 0. The van der Waals surface area contributed by atoms with Crippen molar-refractivity contribution in [1.29, 1.82) is 0 Å². The second-order valence-electron chi connectivity index (χ2n) is 0.